The summed E-state index contributed by atoms with van der Waals surface area (Å²) in [6, 6.07) is 0. The van der Waals surface area contributed by atoms with E-state index in [1.807, 2.05) is 13.8 Å². The molecule has 0 aliphatic carbocycles. The zero-order valence-corrected chi connectivity index (χ0v) is 6.27. The molecule has 1 aromatic rings. The molecule has 0 fully saturated rings. The average molecular weight is 138 g/mol. The van der Waals surface area contributed by atoms with Crippen molar-refractivity contribution in [2.75, 3.05) is 0 Å². The maximum absolute atomic E-state index is 5.36. The molecule has 2 nitrogen and oxygen atoms in total. The minimum absolute atomic E-state index is 0.388. The van der Waals surface area contributed by atoms with Crippen LogP contribution in [0, 0.1) is 0 Å². The van der Waals surface area contributed by atoms with E-state index in [-0.39, 0.29) is 0 Å². The van der Waals surface area contributed by atoms with E-state index in [2.05, 4.69) is 9.36 Å². The minimum atomic E-state index is 0.388. The van der Waals surface area contributed by atoms with Crippen molar-refractivity contribution in [2.45, 2.75) is 19.8 Å². The predicted octanol–water partition coefficient (Wildman–Crippen LogP) is 0.455. The second kappa shape index (κ2) is 2.48. The highest BCUT2D eigenvalue weighted by Gasteiger charge is 2.02. The lowest BCUT2D eigenvalue weighted by Gasteiger charge is -1.93. The first-order valence-corrected chi connectivity index (χ1v) is 3.56. The molecule has 9 heavy (non-hydrogen) atoms. The maximum Gasteiger partial charge on any atom is 0.159 e. The normalized spacial score (nSPS) is 10.6. The Morgan fingerprint density at radius 1 is 1.56 bits per heavy atom. The van der Waals surface area contributed by atoms with Gasteiger partial charge in [0.25, 0.3) is 0 Å². The maximum atomic E-state index is 5.36. The van der Waals surface area contributed by atoms with Gasteiger partial charge in [-0.25, -0.2) is 4.98 Å². The third kappa shape index (κ3) is 1.51. The summed E-state index contributed by atoms with van der Waals surface area (Å²) in [6.45, 7) is 4.09. The zero-order valence-electron chi connectivity index (χ0n) is 5.46. The molecule has 2 radical (unpaired) electrons. The van der Waals surface area contributed by atoms with Crippen LogP contribution >= 0.6 is 11.5 Å². The summed E-state index contributed by atoms with van der Waals surface area (Å²) in [5, 5.41) is 0. The molecule has 0 aliphatic heterocycles. The van der Waals surface area contributed by atoms with Gasteiger partial charge in [0.15, 0.2) is 7.85 Å². The quantitative estimate of drug-likeness (QED) is 0.526. The van der Waals surface area contributed by atoms with Gasteiger partial charge in [-0.05, 0) is 11.5 Å². The van der Waals surface area contributed by atoms with Crippen molar-refractivity contribution in [1.82, 2.24) is 9.36 Å². The molecule has 1 rings (SSSR count). The van der Waals surface area contributed by atoms with Crippen molar-refractivity contribution in [3.8, 4) is 0 Å². The van der Waals surface area contributed by atoms with Gasteiger partial charge in [0.2, 0.25) is 0 Å². The Labute approximate surface area is 59.9 Å². The van der Waals surface area contributed by atoms with Crippen LogP contribution in [0.5, 0.6) is 0 Å². The van der Waals surface area contributed by atoms with Gasteiger partial charge in [0.1, 0.15) is 5.82 Å². The monoisotopic (exact) mass is 138 g/mol. The summed E-state index contributed by atoms with van der Waals surface area (Å²) >= 11 is 1.25. The van der Waals surface area contributed by atoms with Crippen LogP contribution in [0.3, 0.4) is 0 Å². The molecule has 0 saturated heterocycles. The van der Waals surface area contributed by atoms with Crippen LogP contribution in [-0.4, -0.2) is 17.2 Å². The molecule has 0 amide bonds. The van der Waals surface area contributed by atoms with Gasteiger partial charge in [-0.1, -0.05) is 13.8 Å². The highest BCUT2D eigenvalue weighted by atomic mass is 32.1. The lowest BCUT2D eigenvalue weighted by Crippen LogP contribution is -2.00. The smallest absolute Gasteiger partial charge is 0.159 e. The van der Waals surface area contributed by atoms with Gasteiger partial charge in [-0.2, -0.15) is 4.37 Å². The Hall–Kier alpha value is -0.375. The fourth-order valence-electron chi connectivity index (χ4n) is 0.482. The molecule has 0 aromatic carbocycles. The fraction of sp³-hybridized carbons (Fsp3) is 0.600. The standard InChI is InChI=1S/C5H7BN2S/c1-3(2)4-7-5(6)9-8-4/h3H,1-2H3. The first-order valence-electron chi connectivity index (χ1n) is 2.79. The van der Waals surface area contributed by atoms with Crippen molar-refractivity contribution < 1.29 is 0 Å². The van der Waals surface area contributed by atoms with E-state index in [1.165, 1.54) is 11.5 Å². The molecule has 1 heterocycles. The van der Waals surface area contributed by atoms with Crippen LogP contribution in [0.15, 0.2) is 0 Å². The molecule has 0 unspecified atom stereocenters. The second-order valence-corrected chi connectivity index (χ2v) is 2.93. The number of hydrogen-bond donors (Lipinski definition) is 0. The summed E-state index contributed by atoms with van der Waals surface area (Å²) < 4.78 is 4.02. The van der Waals surface area contributed by atoms with Crippen LogP contribution < -0.4 is 4.91 Å². The molecule has 1 aromatic heterocycles. The van der Waals surface area contributed by atoms with Crippen molar-refractivity contribution in [2.24, 2.45) is 0 Å². The van der Waals surface area contributed by atoms with Crippen LogP contribution in [0.4, 0.5) is 0 Å². The average Bonchev–Trinajstić information content (AvgIpc) is 2.14. The fourth-order valence-corrected chi connectivity index (χ4v) is 1.05. The molecule has 46 valence electrons. The number of rotatable bonds is 1. The predicted molar refractivity (Wildman–Crippen MR) is 39.4 cm³/mol. The third-order valence-corrected chi connectivity index (χ3v) is 1.53. The molecule has 0 spiro atoms. The Bertz CT molecular complexity index is 197. The Morgan fingerprint density at radius 2 is 2.22 bits per heavy atom. The van der Waals surface area contributed by atoms with Crippen molar-refractivity contribution in [3.63, 3.8) is 0 Å². The molecular weight excluding hydrogens is 131 g/mol. The Balaban J connectivity index is 2.85. The van der Waals surface area contributed by atoms with E-state index in [4.69, 9.17) is 7.85 Å². The van der Waals surface area contributed by atoms with Crippen molar-refractivity contribution >= 4 is 24.3 Å². The molecule has 0 saturated carbocycles. The van der Waals surface area contributed by atoms with Gasteiger partial charge in [0.05, 0.1) is 4.91 Å². The van der Waals surface area contributed by atoms with E-state index < -0.39 is 0 Å². The second-order valence-electron chi connectivity index (χ2n) is 2.15. The number of hydrogen-bond acceptors (Lipinski definition) is 3. The van der Waals surface area contributed by atoms with Crippen LogP contribution in [0.2, 0.25) is 0 Å². The SMILES string of the molecule is [B]c1nc(C(C)C)ns1. The summed E-state index contributed by atoms with van der Waals surface area (Å²) in [5.41, 5.74) is 0. The van der Waals surface area contributed by atoms with E-state index in [9.17, 15) is 0 Å². The van der Waals surface area contributed by atoms with Gasteiger partial charge < -0.3 is 0 Å². The van der Waals surface area contributed by atoms with E-state index in [0.717, 1.165) is 5.82 Å². The summed E-state index contributed by atoms with van der Waals surface area (Å²) in [6.07, 6.45) is 0. The molecule has 0 aliphatic rings. The van der Waals surface area contributed by atoms with Crippen LogP contribution in [0.25, 0.3) is 0 Å². The van der Waals surface area contributed by atoms with E-state index >= 15 is 0 Å². The van der Waals surface area contributed by atoms with Gasteiger partial charge >= 0.3 is 0 Å². The molecule has 4 heteroatoms. The highest BCUT2D eigenvalue weighted by molar-refractivity contribution is 7.14. The first kappa shape index (κ1) is 6.74. The molecule has 0 bridgehead atoms. The van der Waals surface area contributed by atoms with Crippen molar-refractivity contribution in [1.29, 1.82) is 0 Å². The Morgan fingerprint density at radius 3 is 2.44 bits per heavy atom. The van der Waals surface area contributed by atoms with Crippen LogP contribution in [0.1, 0.15) is 25.6 Å². The van der Waals surface area contributed by atoms with E-state index in [1.54, 1.807) is 0 Å². The largest absolute Gasteiger partial charge is 0.236 e. The zero-order chi connectivity index (χ0) is 6.85. The van der Waals surface area contributed by atoms with Gasteiger partial charge in [-0.3, -0.25) is 0 Å². The third-order valence-electron chi connectivity index (χ3n) is 0.974. The molecule has 0 atom stereocenters. The Kier molecular flexibility index (Phi) is 1.85. The summed E-state index contributed by atoms with van der Waals surface area (Å²) in [4.78, 5) is 4.55. The highest BCUT2D eigenvalue weighted by Crippen LogP contribution is 2.06. The lowest BCUT2D eigenvalue weighted by molar-refractivity contribution is 0.802. The lowest BCUT2D eigenvalue weighted by atomic mass is 10.2. The van der Waals surface area contributed by atoms with E-state index in [0.29, 0.717) is 10.8 Å². The molecular formula is C5H7BN2S. The number of nitrogens with zero attached hydrogens (tertiary/aromatic N) is 2. The topological polar surface area (TPSA) is 25.8 Å². The first-order chi connectivity index (χ1) is 4.20. The summed E-state index contributed by atoms with van der Waals surface area (Å²) in [5.74, 6) is 1.23. The number of aromatic nitrogens is 2. The summed E-state index contributed by atoms with van der Waals surface area (Å²) in [7, 11) is 5.36. The van der Waals surface area contributed by atoms with Crippen LogP contribution in [-0.2, 0) is 0 Å². The van der Waals surface area contributed by atoms with Gasteiger partial charge in [0, 0.05) is 5.92 Å². The van der Waals surface area contributed by atoms with Crippen molar-refractivity contribution in [3.05, 3.63) is 5.82 Å². The molecule has 0 N–H and O–H groups in total. The minimum Gasteiger partial charge on any atom is -0.236 e. The van der Waals surface area contributed by atoms with Gasteiger partial charge in [-0.15, -0.1) is 0 Å².